The minimum Gasteiger partial charge on any atom is -0.478 e. The number of rotatable bonds is 7. The number of ether oxygens (including phenoxy) is 2. The number of hydrogen-bond donors (Lipinski definition) is 1. The molecule has 0 aromatic heterocycles. The molecule has 2 rings (SSSR count). The van der Waals surface area contributed by atoms with Crippen LogP contribution in [0.25, 0.3) is 6.08 Å². The molecule has 0 radical (unpaired) electrons. The Kier molecular flexibility index (Phi) is 5.97. The first-order valence-corrected chi connectivity index (χ1v) is 8.25. The van der Waals surface area contributed by atoms with Crippen LogP contribution in [0.3, 0.4) is 0 Å². The molecule has 6 nitrogen and oxygen atoms in total. The van der Waals surface area contributed by atoms with E-state index in [2.05, 4.69) is 11.3 Å². The molecule has 1 aliphatic rings. The molecule has 0 fully saturated rings. The van der Waals surface area contributed by atoms with Gasteiger partial charge in [0.25, 0.3) is 0 Å². The minimum absolute atomic E-state index is 0.0278. The average Bonchev–Trinajstić information content (AvgIpc) is 2.99. The van der Waals surface area contributed by atoms with Crippen LogP contribution in [0.2, 0.25) is 0 Å². The topological polar surface area (TPSA) is 89.9 Å². The van der Waals surface area contributed by atoms with Crippen molar-refractivity contribution < 1.29 is 29.0 Å². The molecule has 0 saturated carbocycles. The number of carboxylic acids is 1. The van der Waals surface area contributed by atoms with E-state index in [1.807, 2.05) is 19.9 Å². The van der Waals surface area contributed by atoms with Gasteiger partial charge in [0, 0.05) is 12.0 Å². The maximum atomic E-state index is 12.1. The predicted octanol–water partition coefficient (Wildman–Crippen LogP) is 3.45. The summed E-state index contributed by atoms with van der Waals surface area (Å²) in [7, 11) is 1.34. The quantitative estimate of drug-likeness (QED) is 0.593. The van der Waals surface area contributed by atoms with Gasteiger partial charge in [-0.1, -0.05) is 24.3 Å². The highest BCUT2D eigenvalue weighted by Gasteiger charge is 2.33. The van der Waals surface area contributed by atoms with Crippen molar-refractivity contribution in [3.63, 3.8) is 0 Å². The Hall–Kier alpha value is -2.89. The number of aromatic carboxylic acids is 1. The Balaban J connectivity index is 2.47. The lowest BCUT2D eigenvalue weighted by atomic mass is 9.86. The van der Waals surface area contributed by atoms with Gasteiger partial charge in [-0.3, -0.25) is 4.79 Å². The Labute approximate surface area is 152 Å². The first-order valence-electron chi connectivity index (χ1n) is 8.25. The zero-order valence-electron chi connectivity index (χ0n) is 15.2. The summed E-state index contributed by atoms with van der Waals surface area (Å²) in [6, 6.07) is 0. The number of benzene rings is 1. The fourth-order valence-electron chi connectivity index (χ4n) is 3.13. The molecular weight excluding hydrogens is 336 g/mol. The maximum absolute atomic E-state index is 12.1. The number of carboxylic acid groups (broad SMARTS) is 1. The van der Waals surface area contributed by atoms with Crippen LogP contribution in [-0.4, -0.2) is 30.1 Å². The smallest absolute Gasteiger partial charge is 0.339 e. The monoisotopic (exact) mass is 358 g/mol. The number of allylic oxidation sites excluding steroid dienone is 2. The number of carbonyl (C=O) groups excluding carboxylic acids is 2. The van der Waals surface area contributed by atoms with Crippen LogP contribution in [0.4, 0.5) is 0 Å². The van der Waals surface area contributed by atoms with Gasteiger partial charge >= 0.3 is 17.9 Å². The summed E-state index contributed by atoms with van der Waals surface area (Å²) >= 11 is 0. The summed E-state index contributed by atoms with van der Waals surface area (Å²) in [6.07, 6.45) is 4.57. The molecule has 1 aromatic carbocycles. The van der Waals surface area contributed by atoms with Crippen molar-refractivity contribution in [3.8, 4) is 0 Å². The molecule has 1 aliphatic heterocycles. The number of esters is 2. The fourth-order valence-corrected chi connectivity index (χ4v) is 3.13. The number of fused-ring (bicyclic) bond motifs is 1. The second-order valence-electron chi connectivity index (χ2n) is 6.16. The highest BCUT2D eigenvalue weighted by atomic mass is 16.5. The third-order valence-corrected chi connectivity index (χ3v) is 4.61. The lowest BCUT2D eigenvalue weighted by Crippen LogP contribution is -2.13. The van der Waals surface area contributed by atoms with Crippen molar-refractivity contribution in [2.75, 3.05) is 7.11 Å². The van der Waals surface area contributed by atoms with Crippen molar-refractivity contribution in [1.29, 1.82) is 0 Å². The van der Waals surface area contributed by atoms with Gasteiger partial charge in [0.1, 0.15) is 6.61 Å². The molecule has 138 valence electrons. The van der Waals surface area contributed by atoms with Gasteiger partial charge in [0.2, 0.25) is 0 Å². The lowest BCUT2D eigenvalue weighted by Gasteiger charge is -2.16. The van der Waals surface area contributed by atoms with E-state index in [9.17, 15) is 19.5 Å². The van der Waals surface area contributed by atoms with Crippen molar-refractivity contribution in [1.82, 2.24) is 0 Å². The van der Waals surface area contributed by atoms with Crippen LogP contribution in [0.15, 0.2) is 18.2 Å². The van der Waals surface area contributed by atoms with Gasteiger partial charge < -0.3 is 14.6 Å². The van der Waals surface area contributed by atoms with Gasteiger partial charge in [0.05, 0.1) is 18.2 Å². The van der Waals surface area contributed by atoms with E-state index in [1.165, 1.54) is 7.11 Å². The summed E-state index contributed by atoms with van der Waals surface area (Å²) in [6.45, 7) is 7.57. The first kappa shape index (κ1) is 19.4. The van der Waals surface area contributed by atoms with Gasteiger partial charge in [-0.05, 0) is 43.4 Å². The van der Waals surface area contributed by atoms with Crippen molar-refractivity contribution >= 4 is 24.0 Å². The number of hydrogen-bond acceptors (Lipinski definition) is 5. The van der Waals surface area contributed by atoms with E-state index in [4.69, 9.17) is 4.74 Å². The summed E-state index contributed by atoms with van der Waals surface area (Å²) < 4.78 is 9.67. The van der Waals surface area contributed by atoms with E-state index in [0.29, 0.717) is 29.5 Å². The Morgan fingerprint density at radius 2 is 2.04 bits per heavy atom. The van der Waals surface area contributed by atoms with Crippen LogP contribution in [0.5, 0.6) is 0 Å². The molecule has 0 spiro atoms. The fraction of sp³-hybridized carbons (Fsp3) is 0.350. The number of cyclic esters (lactones) is 1. The molecule has 0 bridgehead atoms. The molecule has 0 amide bonds. The summed E-state index contributed by atoms with van der Waals surface area (Å²) in [5.74, 6) is -2.07. The Bertz CT molecular complexity index is 816. The zero-order chi connectivity index (χ0) is 19.4. The molecule has 0 aliphatic carbocycles. The highest BCUT2D eigenvalue weighted by Crippen LogP contribution is 2.34. The molecule has 6 heteroatoms. The third kappa shape index (κ3) is 3.69. The number of methoxy groups -OCH3 is 1. The summed E-state index contributed by atoms with van der Waals surface area (Å²) in [5.41, 5.74) is 3.69. The summed E-state index contributed by atoms with van der Waals surface area (Å²) in [4.78, 5) is 35.2. The normalized spacial score (nSPS) is 13.2. The first-order chi connectivity index (χ1) is 12.3. The second kappa shape index (κ2) is 7.99. The molecule has 0 saturated heterocycles. The van der Waals surface area contributed by atoms with Crippen molar-refractivity contribution in [3.05, 3.63) is 51.6 Å². The van der Waals surface area contributed by atoms with Crippen LogP contribution in [0.1, 0.15) is 62.7 Å². The predicted molar refractivity (Wildman–Crippen MR) is 96.1 cm³/mol. The van der Waals surface area contributed by atoms with Crippen LogP contribution in [0, 0.1) is 6.92 Å². The van der Waals surface area contributed by atoms with E-state index < -0.39 is 11.9 Å². The molecule has 0 unspecified atom stereocenters. The van der Waals surface area contributed by atoms with Gasteiger partial charge in [-0.15, -0.1) is 0 Å². The Morgan fingerprint density at radius 3 is 2.62 bits per heavy atom. The molecule has 1 N–H and O–H groups in total. The van der Waals surface area contributed by atoms with E-state index in [1.54, 1.807) is 6.08 Å². The zero-order valence-corrected chi connectivity index (χ0v) is 15.2. The average molecular weight is 358 g/mol. The van der Waals surface area contributed by atoms with Crippen molar-refractivity contribution in [2.24, 2.45) is 0 Å². The molecular formula is C20H22O6. The van der Waals surface area contributed by atoms with Gasteiger partial charge in [-0.25, -0.2) is 9.59 Å². The maximum Gasteiger partial charge on any atom is 0.339 e. The Morgan fingerprint density at radius 1 is 1.35 bits per heavy atom. The van der Waals surface area contributed by atoms with Gasteiger partial charge in [-0.2, -0.15) is 0 Å². The molecule has 0 atom stereocenters. The minimum atomic E-state index is -1.17. The van der Waals surface area contributed by atoms with E-state index in [-0.39, 0.29) is 30.1 Å². The van der Waals surface area contributed by atoms with Crippen LogP contribution >= 0.6 is 0 Å². The number of carbonyl (C=O) groups is 3. The molecule has 26 heavy (non-hydrogen) atoms. The largest absolute Gasteiger partial charge is 0.478 e. The van der Waals surface area contributed by atoms with Crippen molar-refractivity contribution in [2.45, 2.75) is 39.7 Å². The SMILES string of the molecule is C=Cc1c(C)c2c(c(C(=O)O)c1C/C=C(\C)CCC(=O)OC)C(=O)OC2. The van der Waals surface area contributed by atoms with E-state index >= 15 is 0 Å². The standard InChI is InChI=1S/C20H22O6/c1-5-13-12(3)15-10-26-20(24)18(15)17(19(22)23)14(13)8-6-11(2)7-9-16(21)25-4/h5-6H,1,7-10H2,2-4H3,(H,22,23)/b11-6+. The lowest BCUT2D eigenvalue weighted by molar-refractivity contribution is -0.140. The second-order valence-corrected chi connectivity index (χ2v) is 6.16. The van der Waals surface area contributed by atoms with Crippen LogP contribution < -0.4 is 0 Å². The highest BCUT2D eigenvalue weighted by molar-refractivity contribution is 6.07. The van der Waals surface area contributed by atoms with Crippen LogP contribution in [-0.2, 0) is 27.3 Å². The third-order valence-electron chi connectivity index (χ3n) is 4.61. The van der Waals surface area contributed by atoms with E-state index in [0.717, 1.165) is 11.1 Å². The molecule has 1 aromatic rings. The molecule has 1 heterocycles. The summed E-state index contributed by atoms with van der Waals surface area (Å²) in [5, 5.41) is 9.71. The van der Waals surface area contributed by atoms with Gasteiger partial charge in [0.15, 0.2) is 0 Å².